The second kappa shape index (κ2) is 10.7. The summed E-state index contributed by atoms with van der Waals surface area (Å²) in [6.07, 6.45) is 1.27. The number of nitrogen functional groups attached to an aromatic ring is 1. The fourth-order valence-electron chi connectivity index (χ4n) is 1.82. The standard InChI is InChI=1S/C14H19N9O2S2/c1-7(10(21-23-14(16)27)6-18-22-13(15)26)19-11(24)8-4-2-3-5-9(8)12(25)20-17/h2-7H,17H2,1H3,(H,19,24)(H,20,25)(H3,15,22,26)(H3,16,23,27)/b18-6-,21-10+. The summed E-state index contributed by atoms with van der Waals surface area (Å²) in [5, 5.41) is 10.3. The molecule has 1 unspecified atom stereocenters. The zero-order valence-corrected chi connectivity index (χ0v) is 15.9. The van der Waals surface area contributed by atoms with E-state index >= 15 is 0 Å². The largest absolute Gasteiger partial charge is 0.375 e. The maximum Gasteiger partial charge on any atom is 0.265 e. The number of nitrogens with one attached hydrogen (secondary N) is 4. The van der Waals surface area contributed by atoms with Crippen molar-refractivity contribution in [1.82, 2.24) is 21.6 Å². The quantitative estimate of drug-likeness (QED) is 0.0917. The predicted molar refractivity (Wildman–Crippen MR) is 111 cm³/mol. The summed E-state index contributed by atoms with van der Waals surface area (Å²) in [4.78, 5) is 24.4. The molecule has 0 aliphatic rings. The molecule has 2 amide bonds. The Kier molecular flexibility index (Phi) is 8.71. The van der Waals surface area contributed by atoms with Gasteiger partial charge in [0.25, 0.3) is 11.8 Å². The van der Waals surface area contributed by atoms with Crippen molar-refractivity contribution in [1.29, 1.82) is 0 Å². The molecular formula is C14H19N9O2S2. The van der Waals surface area contributed by atoms with Crippen LogP contribution in [0.5, 0.6) is 0 Å². The molecule has 0 aromatic heterocycles. The number of hydrazine groups is 1. The fourth-order valence-corrected chi connectivity index (χ4v) is 1.92. The summed E-state index contributed by atoms with van der Waals surface area (Å²) in [6.45, 7) is 1.64. The Labute approximate surface area is 165 Å². The zero-order valence-electron chi connectivity index (χ0n) is 14.2. The number of rotatable bonds is 7. The molecule has 0 radical (unpaired) electrons. The molecule has 0 fully saturated rings. The number of nitrogens with two attached hydrogens (primary N) is 3. The summed E-state index contributed by atoms with van der Waals surface area (Å²) < 4.78 is 0. The van der Waals surface area contributed by atoms with Crippen LogP contribution in [0.2, 0.25) is 0 Å². The monoisotopic (exact) mass is 409 g/mol. The molecule has 0 heterocycles. The van der Waals surface area contributed by atoms with Gasteiger partial charge in [0.2, 0.25) is 0 Å². The molecule has 1 rings (SSSR count). The fraction of sp³-hybridized carbons (Fsp3) is 0.143. The number of thiocarbonyl (C=S) groups is 2. The molecule has 0 bridgehead atoms. The van der Waals surface area contributed by atoms with Crippen LogP contribution in [0.1, 0.15) is 27.6 Å². The Bertz CT molecular complexity index is 795. The van der Waals surface area contributed by atoms with Gasteiger partial charge in [0.05, 0.1) is 23.4 Å². The normalized spacial score (nSPS) is 12.1. The van der Waals surface area contributed by atoms with Gasteiger partial charge in [-0.25, -0.2) is 5.84 Å². The highest BCUT2D eigenvalue weighted by Crippen LogP contribution is 2.09. The van der Waals surface area contributed by atoms with Gasteiger partial charge < -0.3 is 16.8 Å². The van der Waals surface area contributed by atoms with Crippen LogP contribution >= 0.6 is 24.4 Å². The van der Waals surface area contributed by atoms with Crippen LogP contribution in [-0.2, 0) is 0 Å². The van der Waals surface area contributed by atoms with Gasteiger partial charge in [0, 0.05) is 0 Å². The highest BCUT2D eigenvalue weighted by atomic mass is 32.1. The average Bonchev–Trinajstić information content (AvgIpc) is 2.63. The summed E-state index contributed by atoms with van der Waals surface area (Å²) >= 11 is 9.34. The lowest BCUT2D eigenvalue weighted by Gasteiger charge is -2.15. The summed E-state index contributed by atoms with van der Waals surface area (Å²) in [7, 11) is 0. The van der Waals surface area contributed by atoms with Crippen LogP contribution in [-0.4, -0.2) is 40.0 Å². The molecule has 13 heteroatoms. The molecular weight excluding hydrogens is 390 g/mol. The van der Waals surface area contributed by atoms with Crippen LogP contribution in [0.25, 0.3) is 0 Å². The topological polar surface area (TPSA) is 185 Å². The third-order valence-corrected chi connectivity index (χ3v) is 3.19. The Balaban J connectivity index is 3.02. The van der Waals surface area contributed by atoms with E-state index in [1.165, 1.54) is 18.3 Å². The van der Waals surface area contributed by atoms with E-state index in [0.717, 1.165) is 0 Å². The van der Waals surface area contributed by atoms with Crippen LogP contribution in [0.3, 0.4) is 0 Å². The first-order chi connectivity index (χ1) is 12.8. The van der Waals surface area contributed by atoms with E-state index in [0.29, 0.717) is 0 Å². The average molecular weight is 410 g/mol. The van der Waals surface area contributed by atoms with Crippen LogP contribution in [0.15, 0.2) is 34.5 Å². The molecule has 144 valence electrons. The molecule has 11 nitrogen and oxygen atoms in total. The molecule has 0 saturated carbocycles. The number of nitrogens with zero attached hydrogens (tertiary/aromatic N) is 2. The van der Waals surface area contributed by atoms with Gasteiger partial charge in [-0.2, -0.15) is 10.2 Å². The van der Waals surface area contributed by atoms with E-state index in [1.54, 1.807) is 19.1 Å². The second-order valence-corrected chi connectivity index (χ2v) is 5.84. The first-order valence-corrected chi connectivity index (χ1v) is 8.20. The van der Waals surface area contributed by atoms with Gasteiger partial charge in [-0.05, 0) is 43.5 Å². The van der Waals surface area contributed by atoms with E-state index in [-0.39, 0.29) is 27.1 Å². The van der Waals surface area contributed by atoms with Gasteiger partial charge in [-0.1, -0.05) is 12.1 Å². The lowest BCUT2D eigenvalue weighted by Crippen LogP contribution is -2.42. The second-order valence-electron chi connectivity index (χ2n) is 4.96. The molecule has 0 saturated heterocycles. The minimum atomic E-state index is -0.648. The van der Waals surface area contributed by atoms with E-state index in [9.17, 15) is 9.59 Å². The minimum Gasteiger partial charge on any atom is -0.375 e. The number of carbonyl (C=O) groups is 2. The number of benzene rings is 1. The maximum atomic E-state index is 12.6. The van der Waals surface area contributed by atoms with Crippen molar-refractivity contribution in [3.63, 3.8) is 0 Å². The van der Waals surface area contributed by atoms with Gasteiger partial charge in [0.15, 0.2) is 10.2 Å². The minimum absolute atomic E-state index is 0.0497. The number of carbonyl (C=O) groups excluding carboxylic acids is 2. The molecule has 0 aliphatic carbocycles. The van der Waals surface area contributed by atoms with Gasteiger partial charge in [0.1, 0.15) is 5.71 Å². The molecule has 1 atom stereocenters. The molecule has 1 aromatic rings. The summed E-state index contributed by atoms with van der Waals surface area (Å²) in [6, 6.07) is 5.53. The SMILES string of the molecule is CC(NC(=O)c1ccccc1C(=O)NN)C(/C=N\NC(N)=S)=N/NC(N)=S. The van der Waals surface area contributed by atoms with Crippen molar-refractivity contribution < 1.29 is 9.59 Å². The zero-order chi connectivity index (χ0) is 20.4. The lowest BCUT2D eigenvalue weighted by molar-refractivity contribution is 0.0917. The van der Waals surface area contributed by atoms with Crippen molar-refractivity contribution in [2.45, 2.75) is 13.0 Å². The number of amides is 2. The van der Waals surface area contributed by atoms with Gasteiger partial charge >= 0.3 is 0 Å². The van der Waals surface area contributed by atoms with E-state index in [2.05, 4.69) is 38.6 Å². The third kappa shape index (κ3) is 7.31. The highest BCUT2D eigenvalue weighted by Gasteiger charge is 2.19. The molecule has 27 heavy (non-hydrogen) atoms. The predicted octanol–water partition coefficient (Wildman–Crippen LogP) is -1.58. The highest BCUT2D eigenvalue weighted by molar-refractivity contribution is 7.80. The smallest absolute Gasteiger partial charge is 0.265 e. The molecule has 0 aliphatic heterocycles. The first-order valence-electron chi connectivity index (χ1n) is 7.38. The third-order valence-electron chi connectivity index (χ3n) is 3.01. The number of hydrazone groups is 2. The number of hydrogen-bond donors (Lipinski definition) is 7. The van der Waals surface area contributed by atoms with Crippen LogP contribution in [0, 0.1) is 0 Å². The summed E-state index contributed by atoms with van der Waals surface area (Å²) in [5.41, 5.74) is 17.9. The van der Waals surface area contributed by atoms with E-state index in [4.69, 9.17) is 29.5 Å². The Morgan fingerprint density at radius 1 is 1.07 bits per heavy atom. The first kappa shape index (κ1) is 21.9. The molecule has 10 N–H and O–H groups in total. The van der Waals surface area contributed by atoms with Crippen molar-refractivity contribution in [2.24, 2.45) is 27.5 Å². The summed E-state index contributed by atoms with van der Waals surface area (Å²) in [5.74, 6) is 4.02. The Morgan fingerprint density at radius 3 is 2.15 bits per heavy atom. The Hall–Kier alpha value is -3.16. The van der Waals surface area contributed by atoms with E-state index in [1.807, 2.05) is 5.43 Å². The molecule has 0 spiro atoms. The lowest BCUT2D eigenvalue weighted by atomic mass is 10.1. The van der Waals surface area contributed by atoms with Crippen LogP contribution in [0.4, 0.5) is 0 Å². The van der Waals surface area contributed by atoms with E-state index < -0.39 is 17.9 Å². The van der Waals surface area contributed by atoms with Crippen molar-refractivity contribution in [3.05, 3.63) is 35.4 Å². The van der Waals surface area contributed by atoms with Crippen molar-refractivity contribution in [3.8, 4) is 0 Å². The number of hydrogen-bond acceptors (Lipinski definition) is 7. The van der Waals surface area contributed by atoms with Gasteiger partial charge in [-0.3, -0.25) is 25.9 Å². The van der Waals surface area contributed by atoms with Gasteiger partial charge in [-0.15, -0.1) is 0 Å². The Morgan fingerprint density at radius 2 is 1.63 bits per heavy atom. The maximum absolute atomic E-state index is 12.6. The molecule has 1 aromatic carbocycles. The van der Waals surface area contributed by atoms with Crippen LogP contribution < -0.4 is 38.9 Å². The van der Waals surface area contributed by atoms with Crippen molar-refractivity contribution >= 4 is 58.4 Å². The van der Waals surface area contributed by atoms with Crippen molar-refractivity contribution in [2.75, 3.05) is 0 Å².